The standard InChI is InChI=1S/C19H20O4/c1-3-9-23-18-8-7-15(10-13(18)2)17(19(21)22)12-14-5-4-6-16(20)11-14/h4-8,10-12,20H,3,9H2,1-2H3,(H,21,22)/b17-12-. The Bertz CT molecular complexity index is 732. The van der Waals surface area contributed by atoms with Crippen LogP contribution in [0, 0.1) is 6.92 Å². The number of ether oxygens (including phenoxy) is 1. The molecule has 0 unspecified atom stereocenters. The smallest absolute Gasteiger partial charge is 0.336 e. The van der Waals surface area contributed by atoms with Crippen molar-refractivity contribution in [1.29, 1.82) is 0 Å². The molecule has 0 aliphatic rings. The highest BCUT2D eigenvalue weighted by Crippen LogP contribution is 2.26. The molecule has 0 aromatic heterocycles. The molecule has 2 rings (SSSR count). The molecular weight excluding hydrogens is 292 g/mol. The van der Waals surface area contributed by atoms with Crippen LogP contribution in [0.25, 0.3) is 11.6 Å². The Hall–Kier alpha value is -2.75. The maximum Gasteiger partial charge on any atom is 0.336 e. The zero-order chi connectivity index (χ0) is 16.8. The van der Waals surface area contributed by atoms with Crippen LogP contribution in [-0.2, 0) is 4.79 Å². The number of phenols is 1. The van der Waals surface area contributed by atoms with Gasteiger partial charge in [-0.3, -0.25) is 0 Å². The van der Waals surface area contributed by atoms with E-state index in [-0.39, 0.29) is 11.3 Å². The van der Waals surface area contributed by atoms with Crippen LogP contribution in [-0.4, -0.2) is 22.8 Å². The van der Waals surface area contributed by atoms with E-state index in [0.29, 0.717) is 17.7 Å². The molecule has 0 aliphatic heterocycles. The van der Waals surface area contributed by atoms with Crippen molar-refractivity contribution in [3.8, 4) is 11.5 Å². The largest absolute Gasteiger partial charge is 0.508 e. The van der Waals surface area contributed by atoms with Gasteiger partial charge < -0.3 is 14.9 Å². The van der Waals surface area contributed by atoms with E-state index in [1.165, 1.54) is 6.07 Å². The minimum Gasteiger partial charge on any atom is -0.508 e. The van der Waals surface area contributed by atoms with Gasteiger partial charge in [-0.15, -0.1) is 0 Å². The number of aliphatic carboxylic acids is 1. The van der Waals surface area contributed by atoms with Crippen molar-refractivity contribution < 1.29 is 19.7 Å². The Morgan fingerprint density at radius 2 is 2.00 bits per heavy atom. The fourth-order valence-electron chi connectivity index (χ4n) is 2.24. The summed E-state index contributed by atoms with van der Waals surface area (Å²) in [6.45, 7) is 4.55. The summed E-state index contributed by atoms with van der Waals surface area (Å²) in [6.07, 6.45) is 2.46. The normalized spacial score (nSPS) is 11.3. The molecular formula is C19H20O4. The topological polar surface area (TPSA) is 66.8 Å². The average molecular weight is 312 g/mol. The monoisotopic (exact) mass is 312 g/mol. The lowest BCUT2D eigenvalue weighted by atomic mass is 10.0. The van der Waals surface area contributed by atoms with Gasteiger partial charge in [-0.05, 0) is 60.4 Å². The lowest BCUT2D eigenvalue weighted by Crippen LogP contribution is -2.02. The summed E-state index contributed by atoms with van der Waals surface area (Å²) in [7, 11) is 0. The van der Waals surface area contributed by atoms with E-state index in [2.05, 4.69) is 0 Å². The second-order valence-electron chi connectivity index (χ2n) is 5.29. The van der Waals surface area contributed by atoms with Gasteiger partial charge in [0.05, 0.1) is 12.2 Å². The van der Waals surface area contributed by atoms with Crippen LogP contribution in [0.15, 0.2) is 42.5 Å². The SMILES string of the molecule is CCCOc1ccc(/C(=C/c2cccc(O)c2)C(=O)O)cc1C. The first kappa shape index (κ1) is 16.6. The maximum atomic E-state index is 11.6. The fraction of sp³-hybridized carbons (Fsp3) is 0.211. The number of rotatable bonds is 6. The van der Waals surface area contributed by atoms with Gasteiger partial charge in [0.25, 0.3) is 0 Å². The molecule has 0 heterocycles. The summed E-state index contributed by atoms with van der Waals surface area (Å²) in [6, 6.07) is 11.8. The molecule has 120 valence electrons. The van der Waals surface area contributed by atoms with Crippen LogP contribution in [0.1, 0.15) is 30.0 Å². The Morgan fingerprint density at radius 1 is 1.22 bits per heavy atom. The van der Waals surface area contributed by atoms with Gasteiger partial charge in [0.1, 0.15) is 11.5 Å². The zero-order valence-corrected chi connectivity index (χ0v) is 13.2. The fourth-order valence-corrected chi connectivity index (χ4v) is 2.24. The minimum absolute atomic E-state index is 0.1000. The molecule has 23 heavy (non-hydrogen) atoms. The molecule has 0 aliphatic carbocycles. The van der Waals surface area contributed by atoms with Crippen molar-refractivity contribution in [2.75, 3.05) is 6.61 Å². The summed E-state index contributed by atoms with van der Waals surface area (Å²) in [5, 5.41) is 19.0. The molecule has 2 aromatic carbocycles. The Morgan fingerprint density at radius 3 is 2.61 bits per heavy atom. The zero-order valence-electron chi connectivity index (χ0n) is 13.2. The van der Waals surface area contributed by atoms with Crippen molar-refractivity contribution in [2.45, 2.75) is 20.3 Å². The predicted octanol–water partition coefficient (Wildman–Crippen LogP) is 4.11. The third-order valence-corrected chi connectivity index (χ3v) is 3.36. The molecule has 0 radical (unpaired) electrons. The van der Waals surface area contributed by atoms with Gasteiger partial charge in [-0.25, -0.2) is 4.79 Å². The van der Waals surface area contributed by atoms with E-state index in [4.69, 9.17) is 4.74 Å². The molecule has 0 atom stereocenters. The second kappa shape index (κ2) is 7.49. The van der Waals surface area contributed by atoms with Gasteiger partial charge in [0.2, 0.25) is 0 Å². The summed E-state index contributed by atoms with van der Waals surface area (Å²) in [5.41, 5.74) is 2.29. The predicted molar refractivity (Wildman–Crippen MR) is 90.6 cm³/mol. The van der Waals surface area contributed by atoms with Crippen LogP contribution in [0.5, 0.6) is 11.5 Å². The number of benzene rings is 2. The summed E-state index contributed by atoms with van der Waals surface area (Å²) in [5.74, 6) is -0.157. The Kier molecular flexibility index (Phi) is 5.41. The molecule has 0 bridgehead atoms. The number of carboxylic acid groups (broad SMARTS) is 1. The first-order valence-electron chi connectivity index (χ1n) is 7.49. The second-order valence-corrected chi connectivity index (χ2v) is 5.29. The molecule has 4 heteroatoms. The van der Waals surface area contributed by atoms with E-state index in [0.717, 1.165) is 17.7 Å². The van der Waals surface area contributed by atoms with Crippen LogP contribution in [0.4, 0.5) is 0 Å². The lowest BCUT2D eigenvalue weighted by Gasteiger charge is -2.10. The van der Waals surface area contributed by atoms with E-state index >= 15 is 0 Å². The van der Waals surface area contributed by atoms with Gasteiger partial charge in [0, 0.05) is 0 Å². The molecule has 4 nitrogen and oxygen atoms in total. The molecule has 0 saturated carbocycles. The van der Waals surface area contributed by atoms with Gasteiger partial charge in [-0.2, -0.15) is 0 Å². The highest BCUT2D eigenvalue weighted by Gasteiger charge is 2.12. The first-order chi connectivity index (χ1) is 11.0. The van der Waals surface area contributed by atoms with Crippen molar-refractivity contribution in [1.82, 2.24) is 0 Å². The van der Waals surface area contributed by atoms with Crippen LogP contribution in [0.3, 0.4) is 0 Å². The van der Waals surface area contributed by atoms with E-state index in [9.17, 15) is 15.0 Å². The highest BCUT2D eigenvalue weighted by atomic mass is 16.5. The van der Waals surface area contributed by atoms with E-state index in [1.807, 2.05) is 13.8 Å². The van der Waals surface area contributed by atoms with E-state index in [1.54, 1.807) is 42.5 Å². The number of aromatic hydroxyl groups is 1. The van der Waals surface area contributed by atoms with Gasteiger partial charge in [0.15, 0.2) is 0 Å². The number of hydrogen-bond acceptors (Lipinski definition) is 3. The van der Waals surface area contributed by atoms with Gasteiger partial charge in [-0.1, -0.05) is 25.1 Å². The quantitative estimate of drug-likeness (QED) is 0.622. The number of phenolic OH excluding ortho intramolecular Hbond substituents is 1. The van der Waals surface area contributed by atoms with Crippen molar-refractivity contribution >= 4 is 17.6 Å². The summed E-state index contributed by atoms with van der Waals surface area (Å²) >= 11 is 0. The van der Waals surface area contributed by atoms with Crippen LogP contribution >= 0.6 is 0 Å². The van der Waals surface area contributed by atoms with Gasteiger partial charge >= 0.3 is 5.97 Å². The Labute approximate surface area is 135 Å². The molecule has 0 saturated heterocycles. The Balaban J connectivity index is 2.38. The average Bonchev–Trinajstić information content (AvgIpc) is 2.51. The number of carbonyl (C=O) groups is 1. The summed E-state index contributed by atoms with van der Waals surface area (Å²) < 4.78 is 5.62. The number of carboxylic acids is 1. The molecule has 0 spiro atoms. The van der Waals surface area contributed by atoms with Crippen molar-refractivity contribution in [3.63, 3.8) is 0 Å². The third-order valence-electron chi connectivity index (χ3n) is 3.36. The van der Waals surface area contributed by atoms with Crippen molar-refractivity contribution in [3.05, 3.63) is 59.2 Å². The van der Waals surface area contributed by atoms with Crippen LogP contribution < -0.4 is 4.74 Å². The summed E-state index contributed by atoms with van der Waals surface area (Å²) in [4.78, 5) is 11.6. The highest BCUT2D eigenvalue weighted by molar-refractivity contribution is 6.20. The van der Waals surface area contributed by atoms with Crippen LogP contribution in [0.2, 0.25) is 0 Å². The molecule has 0 fully saturated rings. The molecule has 2 N–H and O–H groups in total. The molecule has 0 amide bonds. The van der Waals surface area contributed by atoms with Crippen molar-refractivity contribution in [2.24, 2.45) is 0 Å². The maximum absolute atomic E-state index is 11.6. The first-order valence-corrected chi connectivity index (χ1v) is 7.49. The number of hydrogen-bond donors (Lipinski definition) is 2. The number of aryl methyl sites for hydroxylation is 1. The lowest BCUT2D eigenvalue weighted by molar-refractivity contribution is -0.130. The van der Waals surface area contributed by atoms with E-state index < -0.39 is 5.97 Å². The third kappa shape index (κ3) is 4.36. The minimum atomic E-state index is -1.02. The molecule has 2 aromatic rings.